The van der Waals surface area contributed by atoms with Crippen LogP contribution in [0.25, 0.3) is 0 Å². The van der Waals surface area contributed by atoms with Gasteiger partial charge in [0.15, 0.2) is 0 Å². The molecule has 0 aliphatic carbocycles. The second kappa shape index (κ2) is 13.5. The van der Waals surface area contributed by atoms with Crippen molar-refractivity contribution >= 4 is 62.3 Å². The first-order valence-corrected chi connectivity index (χ1v) is 14.9. The molecule has 1 unspecified atom stereocenters. The predicted molar refractivity (Wildman–Crippen MR) is 157 cm³/mol. The number of halogens is 3. The van der Waals surface area contributed by atoms with Gasteiger partial charge in [-0.25, -0.2) is 8.42 Å². The first-order chi connectivity index (χ1) is 18.5. The van der Waals surface area contributed by atoms with Crippen LogP contribution in [0.2, 0.25) is 15.1 Å². The number of hydrogen-bond acceptors (Lipinski definition) is 4. The molecular weight excluding hydrogens is 581 g/mol. The summed E-state index contributed by atoms with van der Waals surface area (Å²) in [5.41, 5.74) is 1.43. The minimum Gasteiger partial charge on any atom is -0.355 e. The predicted octanol–water partition coefficient (Wildman–Crippen LogP) is 6.09. The highest BCUT2D eigenvalue weighted by molar-refractivity contribution is 7.92. The van der Waals surface area contributed by atoms with Crippen LogP contribution in [0.4, 0.5) is 5.69 Å². The van der Waals surface area contributed by atoms with E-state index >= 15 is 0 Å². The Morgan fingerprint density at radius 1 is 0.923 bits per heavy atom. The van der Waals surface area contributed by atoms with Crippen molar-refractivity contribution in [2.75, 3.05) is 17.4 Å². The van der Waals surface area contributed by atoms with Gasteiger partial charge < -0.3 is 10.2 Å². The van der Waals surface area contributed by atoms with Crippen LogP contribution in [0.3, 0.4) is 0 Å². The van der Waals surface area contributed by atoms with Gasteiger partial charge in [0.1, 0.15) is 12.6 Å². The summed E-state index contributed by atoms with van der Waals surface area (Å²) in [6.45, 7) is 5.07. The Morgan fingerprint density at radius 3 is 2.15 bits per heavy atom. The summed E-state index contributed by atoms with van der Waals surface area (Å²) in [5, 5.41) is 3.95. The summed E-state index contributed by atoms with van der Waals surface area (Å²) < 4.78 is 28.8. The summed E-state index contributed by atoms with van der Waals surface area (Å²) in [6, 6.07) is 16.6. The molecule has 0 saturated heterocycles. The van der Waals surface area contributed by atoms with Crippen LogP contribution in [-0.2, 0) is 26.2 Å². The SMILES string of the molecule is CCNC(=O)C(CC)N(Cc1ccc(Cl)cc1Cl)C(=O)CN(c1ccc(Cl)cc1C)S(=O)(=O)c1ccccc1. The van der Waals surface area contributed by atoms with Gasteiger partial charge in [0.05, 0.1) is 10.6 Å². The van der Waals surface area contributed by atoms with Crippen molar-refractivity contribution < 1.29 is 18.0 Å². The molecule has 1 atom stereocenters. The zero-order valence-corrected chi connectivity index (χ0v) is 24.9. The van der Waals surface area contributed by atoms with Gasteiger partial charge in [-0.1, -0.05) is 66.0 Å². The van der Waals surface area contributed by atoms with E-state index in [-0.39, 0.29) is 17.3 Å². The molecule has 0 aliphatic rings. The summed E-state index contributed by atoms with van der Waals surface area (Å²) >= 11 is 18.6. The largest absolute Gasteiger partial charge is 0.355 e. The standard InChI is InChI=1S/C28H30Cl3N3O4S/c1-4-25(28(36)32-5-2)33(17-20-11-12-22(30)16-24(20)31)27(35)18-34(26-14-13-21(29)15-19(26)3)39(37,38)23-9-7-6-8-10-23/h6-16,25H,4-5,17-18H2,1-3H3,(H,32,36). The van der Waals surface area contributed by atoms with Gasteiger partial charge in [0.25, 0.3) is 10.0 Å². The monoisotopic (exact) mass is 609 g/mol. The minimum atomic E-state index is -4.17. The van der Waals surface area contributed by atoms with Crippen LogP contribution >= 0.6 is 34.8 Å². The van der Waals surface area contributed by atoms with Crippen LogP contribution in [0.5, 0.6) is 0 Å². The van der Waals surface area contributed by atoms with Crippen LogP contribution in [0.15, 0.2) is 71.6 Å². The van der Waals surface area contributed by atoms with E-state index in [1.54, 1.807) is 75.4 Å². The van der Waals surface area contributed by atoms with E-state index in [2.05, 4.69) is 5.32 Å². The van der Waals surface area contributed by atoms with Crippen LogP contribution in [0.1, 0.15) is 31.4 Å². The molecule has 0 fully saturated rings. The first-order valence-electron chi connectivity index (χ1n) is 12.3. The van der Waals surface area contributed by atoms with Crippen molar-refractivity contribution in [1.29, 1.82) is 0 Å². The van der Waals surface area contributed by atoms with E-state index in [1.165, 1.54) is 17.0 Å². The second-order valence-corrected chi connectivity index (χ2v) is 12.0. The van der Waals surface area contributed by atoms with Crippen molar-refractivity contribution in [3.8, 4) is 0 Å². The highest BCUT2D eigenvalue weighted by atomic mass is 35.5. The number of carbonyl (C=O) groups is 2. The number of nitrogens with zero attached hydrogens (tertiary/aromatic N) is 2. The van der Waals surface area contributed by atoms with Crippen LogP contribution < -0.4 is 9.62 Å². The Hall–Kier alpha value is -2.78. The third-order valence-electron chi connectivity index (χ3n) is 6.13. The van der Waals surface area contributed by atoms with E-state index in [1.807, 2.05) is 0 Å². The van der Waals surface area contributed by atoms with Crippen molar-refractivity contribution in [2.45, 2.75) is 44.7 Å². The molecule has 1 N–H and O–H groups in total. The summed E-state index contributed by atoms with van der Waals surface area (Å²) in [6.07, 6.45) is 0.300. The molecule has 0 saturated carbocycles. The number of anilines is 1. The number of amides is 2. The Morgan fingerprint density at radius 2 is 1.56 bits per heavy atom. The van der Waals surface area contributed by atoms with Gasteiger partial charge in [0.2, 0.25) is 11.8 Å². The van der Waals surface area contributed by atoms with E-state index in [9.17, 15) is 18.0 Å². The molecule has 7 nitrogen and oxygen atoms in total. The van der Waals surface area contributed by atoms with Crippen molar-refractivity contribution in [3.05, 3.63) is 92.9 Å². The fourth-order valence-corrected chi connectivity index (χ4v) is 6.37. The summed E-state index contributed by atoms with van der Waals surface area (Å²) in [5.74, 6) is -0.924. The molecule has 0 aromatic heterocycles. The topological polar surface area (TPSA) is 86.8 Å². The van der Waals surface area contributed by atoms with Crippen molar-refractivity contribution in [3.63, 3.8) is 0 Å². The molecule has 0 bridgehead atoms. The highest BCUT2D eigenvalue weighted by Crippen LogP contribution is 2.30. The summed E-state index contributed by atoms with van der Waals surface area (Å²) in [7, 11) is -4.17. The van der Waals surface area contributed by atoms with E-state index < -0.39 is 28.5 Å². The third kappa shape index (κ3) is 7.45. The van der Waals surface area contributed by atoms with Crippen molar-refractivity contribution in [2.24, 2.45) is 0 Å². The smallest absolute Gasteiger partial charge is 0.264 e. The van der Waals surface area contributed by atoms with Gasteiger partial charge in [-0.05, 0) is 73.9 Å². The number of likely N-dealkylation sites (N-methyl/N-ethyl adjacent to an activating group) is 1. The number of carbonyl (C=O) groups excluding carboxylic acids is 2. The van der Waals surface area contributed by atoms with Gasteiger partial charge in [-0.2, -0.15) is 0 Å². The molecule has 39 heavy (non-hydrogen) atoms. The number of sulfonamides is 1. The van der Waals surface area contributed by atoms with Crippen LogP contribution in [-0.4, -0.2) is 44.3 Å². The maximum atomic E-state index is 14.0. The molecule has 0 aliphatic heterocycles. The molecule has 0 spiro atoms. The fraction of sp³-hybridized carbons (Fsp3) is 0.286. The number of nitrogens with one attached hydrogen (secondary N) is 1. The lowest BCUT2D eigenvalue weighted by Gasteiger charge is -2.33. The average molecular weight is 611 g/mol. The lowest BCUT2D eigenvalue weighted by atomic mass is 10.1. The van der Waals surface area contributed by atoms with Gasteiger partial charge >= 0.3 is 0 Å². The second-order valence-electron chi connectivity index (χ2n) is 8.83. The third-order valence-corrected chi connectivity index (χ3v) is 8.73. The molecule has 208 valence electrons. The first kappa shape index (κ1) is 30.8. The Bertz CT molecular complexity index is 1440. The Labute approximate surface area is 244 Å². The molecule has 3 aromatic rings. The lowest BCUT2D eigenvalue weighted by Crippen LogP contribution is -2.52. The average Bonchev–Trinajstić information content (AvgIpc) is 2.89. The maximum Gasteiger partial charge on any atom is 0.264 e. The zero-order valence-electron chi connectivity index (χ0n) is 21.8. The number of aryl methyl sites for hydroxylation is 1. The highest BCUT2D eigenvalue weighted by Gasteiger charge is 2.34. The van der Waals surface area contributed by atoms with Gasteiger partial charge in [-0.15, -0.1) is 0 Å². The van der Waals surface area contributed by atoms with Gasteiger partial charge in [-0.3, -0.25) is 13.9 Å². The fourth-order valence-electron chi connectivity index (χ4n) is 4.18. The van der Waals surface area contributed by atoms with Crippen LogP contribution in [0, 0.1) is 6.92 Å². The summed E-state index contributed by atoms with van der Waals surface area (Å²) in [4.78, 5) is 28.4. The Kier molecular flexibility index (Phi) is 10.7. The molecule has 0 radical (unpaired) electrons. The number of rotatable bonds is 11. The van der Waals surface area contributed by atoms with Gasteiger partial charge in [0, 0.05) is 28.2 Å². The van der Waals surface area contributed by atoms with E-state index in [0.717, 1.165) is 4.31 Å². The minimum absolute atomic E-state index is 0.0233. The molecule has 3 aromatic carbocycles. The Balaban J connectivity index is 2.10. The molecular formula is C28H30Cl3N3O4S. The number of benzene rings is 3. The number of hydrogen-bond donors (Lipinski definition) is 1. The van der Waals surface area contributed by atoms with E-state index in [4.69, 9.17) is 34.8 Å². The quantitative estimate of drug-likeness (QED) is 0.285. The van der Waals surface area contributed by atoms with E-state index in [0.29, 0.717) is 44.8 Å². The normalized spacial score (nSPS) is 12.1. The molecule has 0 heterocycles. The maximum absolute atomic E-state index is 14.0. The molecule has 11 heteroatoms. The lowest BCUT2D eigenvalue weighted by molar-refractivity contribution is -0.140. The molecule has 3 rings (SSSR count). The molecule has 2 amide bonds. The zero-order chi connectivity index (χ0) is 28.7. The van der Waals surface area contributed by atoms with Crippen molar-refractivity contribution in [1.82, 2.24) is 10.2 Å².